The number of halogens is 3. The molecule has 0 bridgehead atoms. The Labute approximate surface area is 300 Å². The number of fused-ring (bicyclic) bond motifs is 1. The molecule has 2 fully saturated rings. The number of amides is 1. The zero-order valence-corrected chi connectivity index (χ0v) is 29.1. The fourth-order valence-electron chi connectivity index (χ4n) is 7.12. The molecule has 1 saturated carbocycles. The van der Waals surface area contributed by atoms with Crippen LogP contribution in [0.2, 0.25) is 0 Å². The smallest absolute Gasteiger partial charge is 0.451 e. The first-order valence-corrected chi connectivity index (χ1v) is 17.9. The number of aromatic nitrogens is 4. The van der Waals surface area contributed by atoms with E-state index in [0.717, 1.165) is 43.6 Å². The van der Waals surface area contributed by atoms with Gasteiger partial charge in [0.05, 0.1) is 18.4 Å². The Balaban J connectivity index is 1.35. The average molecular weight is 723 g/mol. The van der Waals surface area contributed by atoms with Gasteiger partial charge in [0.2, 0.25) is 11.9 Å². The van der Waals surface area contributed by atoms with Gasteiger partial charge in [0, 0.05) is 32.0 Å². The summed E-state index contributed by atoms with van der Waals surface area (Å²) in [6.07, 6.45) is -2.99. The summed E-state index contributed by atoms with van der Waals surface area (Å²) in [5.41, 5.74) is 2.78. The molecule has 1 saturated heterocycles. The van der Waals surface area contributed by atoms with Crippen molar-refractivity contribution in [3.63, 3.8) is 0 Å². The molecule has 4 aromatic rings. The molecular weight excluding hydrogens is 677 g/mol. The molecule has 15 heteroatoms. The number of nitrogens with zero attached hydrogens (tertiary/aromatic N) is 5. The fraction of sp³-hybridized carbons (Fsp3) is 0.486. The van der Waals surface area contributed by atoms with Crippen LogP contribution in [0.4, 0.5) is 24.9 Å². The SMILES string of the molecule is CCCC(=O)N[C@H]1C[C@@H](n2cnc3c(NCC(c4ccccc4)c4ccccc4)nc(NCCN4CCCCC4)nc32)[C@H](OC(=O)C(F)(F)F)[C@@H]1O. The molecule has 12 nitrogen and oxygen atoms in total. The second-order valence-corrected chi connectivity index (χ2v) is 13.4. The molecule has 2 aromatic heterocycles. The summed E-state index contributed by atoms with van der Waals surface area (Å²) in [4.78, 5) is 41.1. The van der Waals surface area contributed by atoms with Crippen molar-refractivity contribution in [1.82, 2.24) is 29.7 Å². The monoisotopic (exact) mass is 722 g/mol. The third kappa shape index (κ3) is 8.81. The van der Waals surface area contributed by atoms with E-state index < -0.39 is 36.4 Å². The van der Waals surface area contributed by atoms with Gasteiger partial charge in [0.1, 0.15) is 6.10 Å². The molecule has 52 heavy (non-hydrogen) atoms. The molecule has 1 amide bonds. The number of aliphatic hydroxyl groups is 1. The fourth-order valence-corrected chi connectivity index (χ4v) is 7.12. The molecule has 0 radical (unpaired) electrons. The van der Waals surface area contributed by atoms with Crippen molar-refractivity contribution in [2.45, 2.75) is 81.8 Å². The van der Waals surface area contributed by atoms with Crippen molar-refractivity contribution in [3.05, 3.63) is 78.1 Å². The lowest BCUT2D eigenvalue weighted by Crippen LogP contribution is -2.45. The number of alkyl halides is 3. The maximum atomic E-state index is 13.4. The number of hydrogen-bond acceptors (Lipinski definition) is 10. The van der Waals surface area contributed by atoms with Gasteiger partial charge < -0.3 is 35.3 Å². The van der Waals surface area contributed by atoms with E-state index in [2.05, 4.69) is 50.1 Å². The Bertz CT molecular complexity index is 1750. The summed E-state index contributed by atoms with van der Waals surface area (Å²) < 4.78 is 46.7. The van der Waals surface area contributed by atoms with E-state index in [4.69, 9.17) is 14.7 Å². The summed E-state index contributed by atoms with van der Waals surface area (Å²) in [5.74, 6) is -2.19. The lowest BCUT2D eigenvalue weighted by molar-refractivity contribution is -0.209. The van der Waals surface area contributed by atoms with Gasteiger partial charge in [-0.25, -0.2) is 9.78 Å². The standard InChI is InChI=1S/C37H45F3N8O4/c1-2-12-29(49)44-27-21-28(32(31(27)50)52-35(51)37(38,39)40)48-23-43-30-33(45-36(46-34(30)48)41-17-20-47-18-10-5-11-19-47)42-22-26(24-13-6-3-7-14-24)25-15-8-4-9-16-25/h3-4,6-9,13-16,23,26-28,31-32,50H,2,5,10-12,17-22H2,1H3,(H,44,49)(H2,41,42,45,46)/t27-,28+,31+,32-/m0/s1. The highest BCUT2D eigenvalue weighted by atomic mass is 19.4. The van der Waals surface area contributed by atoms with E-state index in [1.807, 2.05) is 43.3 Å². The summed E-state index contributed by atoms with van der Waals surface area (Å²) >= 11 is 0. The number of benzene rings is 2. The van der Waals surface area contributed by atoms with Crippen molar-refractivity contribution in [2.75, 3.05) is 43.4 Å². The van der Waals surface area contributed by atoms with Crippen LogP contribution in [0.3, 0.4) is 0 Å². The van der Waals surface area contributed by atoms with Gasteiger partial charge in [-0.15, -0.1) is 0 Å². The van der Waals surface area contributed by atoms with Gasteiger partial charge in [-0.3, -0.25) is 4.79 Å². The molecule has 1 aliphatic heterocycles. The minimum Gasteiger partial charge on any atom is -0.451 e. The lowest BCUT2D eigenvalue weighted by atomic mass is 9.91. The topological polar surface area (TPSA) is 147 Å². The number of aliphatic hydroxyl groups excluding tert-OH is 1. The number of anilines is 2. The summed E-state index contributed by atoms with van der Waals surface area (Å²) in [6, 6.07) is 18.1. The van der Waals surface area contributed by atoms with Crippen LogP contribution >= 0.6 is 0 Å². The normalized spacial score (nSPS) is 21.0. The van der Waals surface area contributed by atoms with Crippen LogP contribution in [0.1, 0.15) is 68.5 Å². The lowest BCUT2D eigenvalue weighted by Gasteiger charge is -2.26. The molecule has 4 atom stereocenters. The number of ether oxygens (including phenoxy) is 1. The molecule has 2 aromatic carbocycles. The molecule has 1 aliphatic carbocycles. The molecule has 4 N–H and O–H groups in total. The van der Waals surface area contributed by atoms with Gasteiger partial charge in [-0.1, -0.05) is 74.0 Å². The highest BCUT2D eigenvalue weighted by molar-refractivity contribution is 5.84. The number of imidazole rings is 1. The van der Waals surface area contributed by atoms with Gasteiger partial charge in [0.15, 0.2) is 23.1 Å². The zero-order valence-electron chi connectivity index (χ0n) is 29.1. The number of carbonyl (C=O) groups excluding carboxylic acids is 2. The minimum absolute atomic E-state index is 0.0353. The van der Waals surface area contributed by atoms with Crippen LogP contribution in [0.5, 0.6) is 0 Å². The van der Waals surface area contributed by atoms with Crippen LogP contribution in [0.15, 0.2) is 67.0 Å². The van der Waals surface area contributed by atoms with Crippen LogP contribution < -0.4 is 16.0 Å². The molecule has 278 valence electrons. The average Bonchev–Trinajstić information content (AvgIpc) is 3.69. The predicted molar refractivity (Wildman–Crippen MR) is 190 cm³/mol. The molecule has 3 heterocycles. The van der Waals surface area contributed by atoms with Gasteiger partial charge >= 0.3 is 12.1 Å². The highest BCUT2D eigenvalue weighted by Gasteiger charge is 2.51. The first kappa shape index (κ1) is 37.0. The third-order valence-corrected chi connectivity index (χ3v) is 9.74. The quantitative estimate of drug-likeness (QED) is 0.131. The van der Waals surface area contributed by atoms with E-state index in [9.17, 15) is 27.9 Å². The van der Waals surface area contributed by atoms with Gasteiger partial charge in [0.25, 0.3) is 0 Å². The van der Waals surface area contributed by atoms with Crippen LogP contribution in [0, 0.1) is 0 Å². The van der Waals surface area contributed by atoms with E-state index in [1.165, 1.54) is 17.3 Å². The van der Waals surface area contributed by atoms with E-state index in [-0.39, 0.29) is 36.3 Å². The first-order chi connectivity index (χ1) is 25.1. The summed E-state index contributed by atoms with van der Waals surface area (Å²) in [6.45, 7) is 5.59. The highest BCUT2D eigenvalue weighted by Crippen LogP contribution is 2.38. The van der Waals surface area contributed by atoms with E-state index in [1.54, 1.807) is 0 Å². The molecular formula is C37H45F3N8O4. The molecule has 2 aliphatic rings. The van der Waals surface area contributed by atoms with Crippen molar-refractivity contribution >= 4 is 34.8 Å². The maximum absolute atomic E-state index is 13.4. The zero-order chi connectivity index (χ0) is 36.7. The Kier molecular flexibility index (Phi) is 11.9. The summed E-state index contributed by atoms with van der Waals surface area (Å²) in [7, 11) is 0. The number of rotatable bonds is 14. The van der Waals surface area contributed by atoms with Crippen molar-refractivity contribution < 1.29 is 32.6 Å². The summed E-state index contributed by atoms with van der Waals surface area (Å²) in [5, 5.41) is 20.7. The minimum atomic E-state index is -5.29. The number of likely N-dealkylation sites (tertiary alicyclic amines) is 1. The Hall–Kier alpha value is -4.76. The molecule has 6 rings (SSSR count). The van der Waals surface area contributed by atoms with Gasteiger partial charge in [-0.05, 0) is 49.9 Å². The Morgan fingerprint density at radius 2 is 1.65 bits per heavy atom. The third-order valence-electron chi connectivity index (χ3n) is 9.74. The number of carbonyl (C=O) groups is 2. The van der Waals surface area contributed by atoms with Crippen molar-refractivity contribution in [2.24, 2.45) is 0 Å². The van der Waals surface area contributed by atoms with E-state index in [0.29, 0.717) is 30.8 Å². The maximum Gasteiger partial charge on any atom is 0.490 e. The molecule has 0 spiro atoms. The van der Waals surface area contributed by atoms with Crippen LogP contribution in [0.25, 0.3) is 11.2 Å². The van der Waals surface area contributed by atoms with Crippen LogP contribution in [-0.4, -0.2) is 98.6 Å². The van der Waals surface area contributed by atoms with Crippen LogP contribution in [-0.2, 0) is 14.3 Å². The predicted octanol–water partition coefficient (Wildman–Crippen LogP) is 5.03. The van der Waals surface area contributed by atoms with Crippen molar-refractivity contribution in [1.29, 1.82) is 0 Å². The second kappa shape index (κ2) is 16.7. The number of esters is 1. The number of nitrogens with one attached hydrogen (secondary N) is 3. The molecule has 0 unspecified atom stereocenters. The largest absolute Gasteiger partial charge is 0.490 e. The van der Waals surface area contributed by atoms with Gasteiger partial charge in [-0.2, -0.15) is 23.1 Å². The van der Waals surface area contributed by atoms with E-state index >= 15 is 0 Å². The Morgan fingerprint density at radius 3 is 2.29 bits per heavy atom. The second-order valence-electron chi connectivity index (χ2n) is 13.4. The van der Waals surface area contributed by atoms with Crippen molar-refractivity contribution in [3.8, 4) is 0 Å². The first-order valence-electron chi connectivity index (χ1n) is 17.9. The Morgan fingerprint density at radius 1 is 0.981 bits per heavy atom. The number of piperidine rings is 1. The number of hydrogen-bond donors (Lipinski definition) is 4.